The molecule has 0 atom stereocenters. The van der Waals surface area contributed by atoms with Crippen LogP contribution >= 0.6 is 0 Å². The van der Waals surface area contributed by atoms with Crippen LogP contribution in [0, 0.1) is 0 Å². The van der Waals surface area contributed by atoms with Crippen molar-refractivity contribution in [2.45, 2.75) is 13.3 Å². The van der Waals surface area contributed by atoms with Gasteiger partial charge >= 0.3 is 0 Å². The summed E-state index contributed by atoms with van der Waals surface area (Å²) in [7, 11) is 0. The monoisotopic (exact) mass is 283 g/mol. The van der Waals surface area contributed by atoms with E-state index >= 15 is 0 Å². The lowest BCUT2D eigenvalue weighted by molar-refractivity contribution is 0.953. The van der Waals surface area contributed by atoms with E-state index in [0.717, 1.165) is 42.1 Å². The number of nitrogens with one attached hydrogen (secondary N) is 3. The fourth-order valence-corrected chi connectivity index (χ4v) is 2.06. The van der Waals surface area contributed by atoms with E-state index in [1.807, 2.05) is 25.1 Å². The normalized spacial score (nSPS) is 10.7. The van der Waals surface area contributed by atoms with Crippen molar-refractivity contribution < 1.29 is 0 Å². The molecule has 0 unspecified atom stereocenters. The van der Waals surface area contributed by atoms with Gasteiger partial charge in [-0.15, -0.1) is 0 Å². The van der Waals surface area contributed by atoms with Crippen molar-refractivity contribution in [2.24, 2.45) is 0 Å². The van der Waals surface area contributed by atoms with Crippen molar-refractivity contribution in [1.82, 2.24) is 25.1 Å². The van der Waals surface area contributed by atoms with Gasteiger partial charge in [0.25, 0.3) is 0 Å². The zero-order valence-corrected chi connectivity index (χ0v) is 11.8. The molecule has 0 fully saturated rings. The first-order chi connectivity index (χ1) is 10.4. The largest absolute Gasteiger partial charge is 0.369 e. The van der Waals surface area contributed by atoms with Crippen LogP contribution in [0.25, 0.3) is 11.0 Å². The predicted octanol–water partition coefficient (Wildman–Crippen LogP) is 1.83. The molecule has 0 saturated carbocycles. The van der Waals surface area contributed by atoms with Gasteiger partial charge in [-0.1, -0.05) is 6.07 Å². The summed E-state index contributed by atoms with van der Waals surface area (Å²) in [5.41, 5.74) is 1.77. The van der Waals surface area contributed by atoms with E-state index in [2.05, 4.69) is 35.8 Å². The first-order valence-corrected chi connectivity index (χ1v) is 6.95. The molecule has 0 saturated heterocycles. The molecular formula is C14H17N7. The first kappa shape index (κ1) is 13.3. The Balaban J connectivity index is 1.74. The van der Waals surface area contributed by atoms with Crippen LogP contribution < -0.4 is 10.6 Å². The Hall–Kier alpha value is -2.70. The van der Waals surface area contributed by atoms with E-state index in [4.69, 9.17) is 0 Å². The number of pyridine rings is 1. The van der Waals surface area contributed by atoms with E-state index in [9.17, 15) is 0 Å². The highest BCUT2D eigenvalue weighted by Crippen LogP contribution is 2.19. The Morgan fingerprint density at radius 3 is 2.95 bits per heavy atom. The van der Waals surface area contributed by atoms with Crippen LogP contribution in [-0.4, -0.2) is 38.2 Å². The quantitative estimate of drug-likeness (QED) is 0.639. The van der Waals surface area contributed by atoms with Crippen LogP contribution in [-0.2, 0) is 6.42 Å². The SMILES string of the molecule is CCNc1nc(NCCc2ccccn2)c2cn[nH]c2n1. The zero-order valence-electron chi connectivity index (χ0n) is 11.8. The molecule has 0 amide bonds. The maximum atomic E-state index is 4.48. The summed E-state index contributed by atoms with van der Waals surface area (Å²) in [6.07, 6.45) is 4.37. The highest BCUT2D eigenvalue weighted by molar-refractivity contribution is 5.86. The minimum Gasteiger partial charge on any atom is -0.369 e. The van der Waals surface area contributed by atoms with Gasteiger partial charge in [0.1, 0.15) is 5.82 Å². The number of aromatic nitrogens is 5. The van der Waals surface area contributed by atoms with Gasteiger partial charge in [-0.05, 0) is 19.1 Å². The maximum absolute atomic E-state index is 4.48. The Kier molecular flexibility index (Phi) is 3.90. The second-order valence-corrected chi connectivity index (χ2v) is 4.56. The molecule has 0 spiro atoms. The Bertz CT molecular complexity index is 708. The molecule has 21 heavy (non-hydrogen) atoms. The molecule has 3 N–H and O–H groups in total. The summed E-state index contributed by atoms with van der Waals surface area (Å²) in [6.45, 7) is 3.53. The Morgan fingerprint density at radius 2 is 2.14 bits per heavy atom. The molecule has 3 aromatic heterocycles. The molecule has 0 aromatic carbocycles. The number of hydrogen-bond donors (Lipinski definition) is 3. The number of aromatic amines is 1. The standard InChI is InChI=1S/C14H17N7/c1-2-15-14-19-12(11-9-18-21-13(11)20-14)17-8-6-10-5-3-4-7-16-10/h3-5,7,9H,2,6,8H2,1H3,(H3,15,17,18,19,20,21). The molecule has 0 aliphatic rings. The van der Waals surface area contributed by atoms with E-state index in [-0.39, 0.29) is 0 Å². The summed E-state index contributed by atoms with van der Waals surface area (Å²) in [5, 5.41) is 14.2. The molecule has 3 rings (SSSR count). The number of fused-ring (bicyclic) bond motifs is 1. The predicted molar refractivity (Wildman–Crippen MR) is 82.3 cm³/mol. The van der Waals surface area contributed by atoms with Gasteiger partial charge in [0.15, 0.2) is 5.65 Å². The average Bonchev–Trinajstić information content (AvgIpc) is 2.97. The third-order valence-electron chi connectivity index (χ3n) is 3.04. The summed E-state index contributed by atoms with van der Waals surface area (Å²) < 4.78 is 0. The second kappa shape index (κ2) is 6.17. The Morgan fingerprint density at radius 1 is 1.19 bits per heavy atom. The van der Waals surface area contributed by atoms with Crippen LogP contribution in [0.2, 0.25) is 0 Å². The average molecular weight is 283 g/mol. The summed E-state index contributed by atoms with van der Waals surface area (Å²) in [4.78, 5) is 13.1. The third-order valence-corrected chi connectivity index (χ3v) is 3.04. The Labute approximate surface area is 122 Å². The van der Waals surface area contributed by atoms with Gasteiger partial charge in [0, 0.05) is 31.4 Å². The van der Waals surface area contributed by atoms with Crippen molar-refractivity contribution in [2.75, 3.05) is 23.7 Å². The van der Waals surface area contributed by atoms with Crippen LogP contribution in [0.15, 0.2) is 30.6 Å². The van der Waals surface area contributed by atoms with Crippen LogP contribution in [0.3, 0.4) is 0 Å². The highest BCUT2D eigenvalue weighted by Gasteiger charge is 2.08. The van der Waals surface area contributed by atoms with E-state index in [1.54, 1.807) is 12.4 Å². The topological polar surface area (TPSA) is 91.4 Å². The van der Waals surface area contributed by atoms with Crippen molar-refractivity contribution >= 4 is 22.8 Å². The van der Waals surface area contributed by atoms with Crippen molar-refractivity contribution in [3.8, 4) is 0 Å². The van der Waals surface area contributed by atoms with Crippen LogP contribution in [0.5, 0.6) is 0 Å². The molecule has 3 heterocycles. The lowest BCUT2D eigenvalue weighted by atomic mass is 10.2. The van der Waals surface area contributed by atoms with Gasteiger partial charge in [-0.3, -0.25) is 10.1 Å². The molecule has 0 aliphatic carbocycles. The molecule has 7 heteroatoms. The molecule has 0 radical (unpaired) electrons. The van der Waals surface area contributed by atoms with Gasteiger partial charge in [0.2, 0.25) is 5.95 Å². The van der Waals surface area contributed by atoms with Crippen molar-refractivity contribution in [1.29, 1.82) is 0 Å². The smallest absolute Gasteiger partial charge is 0.226 e. The lowest BCUT2D eigenvalue weighted by Crippen LogP contribution is -2.10. The molecule has 7 nitrogen and oxygen atoms in total. The fraction of sp³-hybridized carbons (Fsp3) is 0.286. The lowest BCUT2D eigenvalue weighted by Gasteiger charge is -2.08. The molecule has 3 aromatic rings. The van der Waals surface area contributed by atoms with Crippen LogP contribution in [0.1, 0.15) is 12.6 Å². The van der Waals surface area contributed by atoms with Crippen LogP contribution in [0.4, 0.5) is 11.8 Å². The summed E-state index contributed by atoms with van der Waals surface area (Å²) in [5.74, 6) is 1.37. The number of H-pyrrole nitrogens is 1. The molecule has 108 valence electrons. The van der Waals surface area contributed by atoms with Gasteiger partial charge < -0.3 is 10.6 Å². The summed E-state index contributed by atoms with van der Waals surface area (Å²) >= 11 is 0. The van der Waals surface area contributed by atoms with E-state index < -0.39 is 0 Å². The molecular weight excluding hydrogens is 266 g/mol. The van der Waals surface area contributed by atoms with E-state index in [1.165, 1.54) is 0 Å². The molecule has 0 bridgehead atoms. The van der Waals surface area contributed by atoms with Gasteiger partial charge in [0.05, 0.1) is 11.6 Å². The second-order valence-electron chi connectivity index (χ2n) is 4.56. The zero-order chi connectivity index (χ0) is 14.5. The van der Waals surface area contributed by atoms with E-state index in [0.29, 0.717) is 5.95 Å². The molecule has 0 aliphatic heterocycles. The van der Waals surface area contributed by atoms with Gasteiger partial charge in [-0.2, -0.15) is 15.1 Å². The third kappa shape index (κ3) is 3.07. The maximum Gasteiger partial charge on any atom is 0.226 e. The number of nitrogens with zero attached hydrogens (tertiary/aromatic N) is 4. The van der Waals surface area contributed by atoms with Crippen molar-refractivity contribution in [3.05, 3.63) is 36.3 Å². The minimum absolute atomic E-state index is 0.592. The number of rotatable bonds is 6. The van der Waals surface area contributed by atoms with Crippen molar-refractivity contribution in [3.63, 3.8) is 0 Å². The highest BCUT2D eigenvalue weighted by atomic mass is 15.2. The number of hydrogen-bond acceptors (Lipinski definition) is 6. The fourth-order valence-electron chi connectivity index (χ4n) is 2.06. The van der Waals surface area contributed by atoms with Gasteiger partial charge in [-0.25, -0.2) is 0 Å². The number of anilines is 2. The minimum atomic E-state index is 0.592. The first-order valence-electron chi connectivity index (χ1n) is 6.95. The summed E-state index contributed by atoms with van der Waals surface area (Å²) in [6, 6.07) is 5.92.